The molecule has 0 saturated heterocycles. The predicted molar refractivity (Wildman–Crippen MR) is 122 cm³/mol. The summed E-state index contributed by atoms with van der Waals surface area (Å²) >= 11 is 6.57. The molecule has 152 valence electrons. The van der Waals surface area contributed by atoms with Gasteiger partial charge in [-0.2, -0.15) is 0 Å². The first-order valence-electron chi connectivity index (χ1n) is 9.48. The number of carboxylic acids is 1. The fraction of sp³-hybridized carbons (Fsp3) is 0.167. The molecule has 2 aliphatic rings. The molecule has 30 heavy (non-hydrogen) atoms. The highest BCUT2D eigenvalue weighted by atomic mass is 35.5. The van der Waals surface area contributed by atoms with Crippen LogP contribution < -0.4 is 14.8 Å². The Morgan fingerprint density at radius 1 is 1.03 bits per heavy atom. The van der Waals surface area contributed by atoms with Crippen LogP contribution >= 0.6 is 11.6 Å². The van der Waals surface area contributed by atoms with Gasteiger partial charge in [-0.1, -0.05) is 29.8 Å². The lowest BCUT2D eigenvalue weighted by Crippen LogP contribution is -2.23. The van der Waals surface area contributed by atoms with Gasteiger partial charge >= 0.3 is 5.97 Å². The summed E-state index contributed by atoms with van der Waals surface area (Å²) in [6.45, 7) is 0. The molecule has 5 nitrogen and oxygen atoms in total. The Kier molecular flexibility index (Phi) is 5.00. The molecular formula is C24H22ClN2O3+. The monoisotopic (exact) mass is 421 g/mol. The van der Waals surface area contributed by atoms with Crippen molar-refractivity contribution in [2.24, 2.45) is 0 Å². The summed E-state index contributed by atoms with van der Waals surface area (Å²) in [5.41, 5.74) is 4.09. The van der Waals surface area contributed by atoms with E-state index in [-0.39, 0.29) is 5.56 Å². The van der Waals surface area contributed by atoms with Crippen molar-refractivity contribution >= 4 is 34.2 Å². The molecular weight excluding hydrogens is 400 g/mol. The molecule has 0 bridgehead atoms. The van der Waals surface area contributed by atoms with Crippen LogP contribution in [0.3, 0.4) is 0 Å². The van der Waals surface area contributed by atoms with Crippen LogP contribution in [0.1, 0.15) is 10.4 Å². The molecule has 0 aromatic heterocycles. The molecule has 0 spiro atoms. The fourth-order valence-electron chi connectivity index (χ4n) is 3.69. The van der Waals surface area contributed by atoms with Gasteiger partial charge in [0.2, 0.25) is 5.36 Å². The van der Waals surface area contributed by atoms with E-state index in [1.165, 1.54) is 0 Å². The molecule has 1 N–H and O–H groups in total. The predicted octanol–water partition coefficient (Wildman–Crippen LogP) is 4.65. The molecule has 0 fully saturated rings. The summed E-state index contributed by atoms with van der Waals surface area (Å²) in [4.78, 5) is 14.0. The van der Waals surface area contributed by atoms with Crippen molar-refractivity contribution in [2.75, 3.05) is 33.1 Å². The Balaban J connectivity index is 2.22. The molecule has 1 heterocycles. The van der Waals surface area contributed by atoms with Crippen molar-refractivity contribution in [1.29, 1.82) is 0 Å². The molecule has 0 atom stereocenters. The Labute approximate surface area is 179 Å². The number of hydrogen-bond acceptors (Lipinski definition) is 3. The van der Waals surface area contributed by atoms with Crippen molar-refractivity contribution in [3.63, 3.8) is 0 Å². The van der Waals surface area contributed by atoms with Crippen LogP contribution in [0.2, 0.25) is 5.02 Å². The van der Waals surface area contributed by atoms with E-state index in [1.54, 1.807) is 12.1 Å². The second-order valence-electron chi connectivity index (χ2n) is 7.60. The zero-order valence-corrected chi connectivity index (χ0v) is 18.0. The number of nitrogens with zero attached hydrogens (tertiary/aromatic N) is 2. The molecule has 0 saturated carbocycles. The van der Waals surface area contributed by atoms with Crippen LogP contribution in [0.4, 0.5) is 5.69 Å². The highest BCUT2D eigenvalue weighted by Crippen LogP contribution is 2.42. The Morgan fingerprint density at radius 3 is 2.43 bits per heavy atom. The van der Waals surface area contributed by atoms with Gasteiger partial charge < -0.3 is 14.4 Å². The summed E-state index contributed by atoms with van der Waals surface area (Å²) in [5.74, 6) is -0.338. The summed E-state index contributed by atoms with van der Waals surface area (Å²) < 4.78 is 8.21. The first-order chi connectivity index (χ1) is 14.3. The SMILES string of the molecule is CN(C)c1ccc2c(-c3ccccc3C(=O)O)c3cc(Cl)c(=[N+](C)C)cc-3oc2c1. The molecule has 1 aliphatic carbocycles. The molecule has 0 radical (unpaired) electrons. The van der Waals surface area contributed by atoms with Gasteiger partial charge in [-0.25, -0.2) is 9.37 Å². The van der Waals surface area contributed by atoms with E-state index < -0.39 is 5.97 Å². The second-order valence-corrected chi connectivity index (χ2v) is 8.00. The third-order valence-corrected chi connectivity index (χ3v) is 5.50. The van der Waals surface area contributed by atoms with E-state index in [0.29, 0.717) is 21.9 Å². The van der Waals surface area contributed by atoms with E-state index in [9.17, 15) is 9.90 Å². The van der Waals surface area contributed by atoms with E-state index in [2.05, 4.69) is 0 Å². The number of hydrogen-bond donors (Lipinski definition) is 1. The highest BCUT2D eigenvalue weighted by molar-refractivity contribution is 6.31. The maximum atomic E-state index is 12.0. The molecule has 1 aliphatic heterocycles. The van der Waals surface area contributed by atoms with Crippen molar-refractivity contribution in [1.82, 2.24) is 4.58 Å². The standard InChI is InChI=1S/C24H21ClN2O3/c1-26(2)14-9-10-17-21(11-14)30-22-13-20(27(3)4)19(25)12-18(22)23(17)15-7-5-6-8-16(15)24(28)29/h5-13H,1-4H3/p+1. The number of aromatic carboxylic acids is 1. The molecule has 2 aromatic rings. The van der Waals surface area contributed by atoms with Crippen LogP contribution in [-0.2, 0) is 0 Å². The lowest BCUT2D eigenvalue weighted by molar-refractivity contribution is 0.0697. The minimum Gasteiger partial charge on any atom is -0.478 e. The van der Waals surface area contributed by atoms with Gasteiger partial charge in [0, 0.05) is 42.4 Å². The van der Waals surface area contributed by atoms with Gasteiger partial charge in [-0.3, -0.25) is 0 Å². The smallest absolute Gasteiger partial charge is 0.336 e. The quantitative estimate of drug-likeness (QED) is 0.386. The minimum absolute atomic E-state index is 0.232. The number of fused-ring (bicyclic) bond motifs is 2. The Hall–Kier alpha value is -3.31. The van der Waals surface area contributed by atoms with Crippen LogP contribution in [-0.4, -0.2) is 39.3 Å². The highest BCUT2D eigenvalue weighted by Gasteiger charge is 2.23. The van der Waals surface area contributed by atoms with E-state index in [0.717, 1.165) is 27.6 Å². The zero-order valence-electron chi connectivity index (χ0n) is 17.2. The maximum Gasteiger partial charge on any atom is 0.336 e. The first kappa shape index (κ1) is 20.0. The van der Waals surface area contributed by atoms with Crippen LogP contribution in [0.15, 0.2) is 59.0 Å². The average Bonchev–Trinajstić information content (AvgIpc) is 2.71. The van der Waals surface area contributed by atoms with Crippen molar-refractivity contribution in [3.05, 3.63) is 70.5 Å². The zero-order chi connectivity index (χ0) is 21.6. The topological polar surface area (TPSA) is 56.7 Å². The van der Waals surface area contributed by atoms with Gasteiger partial charge in [-0.15, -0.1) is 0 Å². The summed E-state index contributed by atoms with van der Waals surface area (Å²) in [5, 5.41) is 12.0. The van der Waals surface area contributed by atoms with Gasteiger partial charge in [0.1, 0.15) is 30.5 Å². The molecule has 2 aromatic carbocycles. The maximum absolute atomic E-state index is 12.0. The lowest BCUT2D eigenvalue weighted by atomic mass is 9.90. The minimum atomic E-state index is -0.978. The van der Waals surface area contributed by atoms with Crippen LogP contribution in [0.25, 0.3) is 33.4 Å². The Morgan fingerprint density at radius 2 is 1.77 bits per heavy atom. The van der Waals surface area contributed by atoms with Crippen molar-refractivity contribution in [3.8, 4) is 22.5 Å². The first-order valence-corrected chi connectivity index (χ1v) is 9.86. The van der Waals surface area contributed by atoms with Crippen molar-refractivity contribution in [2.45, 2.75) is 0 Å². The van der Waals surface area contributed by atoms with Crippen LogP contribution in [0, 0.1) is 0 Å². The summed E-state index contributed by atoms with van der Waals surface area (Å²) in [7, 11) is 7.76. The van der Waals surface area contributed by atoms with E-state index in [4.69, 9.17) is 16.0 Å². The molecule has 4 rings (SSSR count). The molecule has 0 amide bonds. The largest absolute Gasteiger partial charge is 0.478 e. The van der Waals surface area contributed by atoms with Gasteiger partial charge in [0.05, 0.1) is 11.6 Å². The normalized spacial score (nSPS) is 11.1. The summed E-state index contributed by atoms with van der Waals surface area (Å²) in [6, 6.07) is 16.7. The van der Waals surface area contributed by atoms with Gasteiger partial charge in [0.15, 0.2) is 0 Å². The number of halogens is 1. The Bertz CT molecular complexity index is 1330. The average molecular weight is 422 g/mol. The van der Waals surface area contributed by atoms with E-state index in [1.807, 2.05) is 80.1 Å². The number of rotatable bonds is 3. The summed E-state index contributed by atoms with van der Waals surface area (Å²) in [6.07, 6.45) is 0. The molecule has 0 unspecified atom stereocenters. The second kappa shape index (κ2) is 7.50. The number of carboxylic acid groups (broad SMARTS) is 1. The van der Waals surface area contributed by atoms with Gasteiger partial charge in [-0.05, 0) is 29.8 Å². The number of anilines is 1. The molecule has 6 heteroatoms. The van der Waals surface area contributed by atoms with Gasteiger partial charge in [0.25, 0.3) is 0 Å². The fourth-order valence-corrected chi connectivity index (χ4v) is 4.02. The van der Waals surface area contributed by atoms with E-state index >= 15 is 0 Å². The number of benzene rings is 3. The number of carbonyl (C=O) groups is 1. The lowest BCUT2D eigenvalue weighted by Gasteiger charge is -2.19. The van der Waals surface area contributed by atoms with Crippen molar-refractivity contribution < 1.29 is 14.3 Å². The van der Waals surface area contributed by atoms with Crippen LogP contribution in [0.5, 0.6) is 0 Å². The third-order valence-electron chi connectivity index (χ3n) is 5.20. The third kappa shape index (κ3) is 3.31.